The summed E-state index contributed by atoms with van der Waals surface area (Å²) in [4.78, 5) is 22.6. The molecule has 0 radical (unpaired) electrons. The average molecular weight is 359 g/mol. The summed E-state index contributed by atoms with van der Waals surface area (Å²) in [7, 11) is 3.10. The third-order valence-corrected chi connectivity index (χ3v) is 3.70. The van der Waals surface area contributed by atoms with Gasteiger partial charge in [0.1, 0.15) is 17.2 Å². The van der Waals surface area contributed by atoms with Crippen LogP contribution in [-0.2, 0) is 11.2 Å². The number of anilines is 1. The van der Waals surface area contributed by atoms with Crippen LogP contribution in [0, 0.1) is 10.1 Å². The molecule has 0 saturated carbocycles. The molecule has 0 bridgehead atoms. The van der Waals surface area contributed by atoms with Crippen molar-refractivity contribution in [2.75, 3.05) is 32.6 Å². The van der Waals surface area contributed by atoms with Crippen molar-refractivity contribution >= 4 is 17.3 Å². The molecule has 2 aromatic carbocycles. The van der Waals surface area contributed by atoms with Crippen molar-refractivity contribution < 1.29 is 19.2 Å². The van der Waals surface area contributed by atoms with E-state index in [-0.39, 0.29) is 18.0 Å². The van der Waals surface area contributed by atoms with Crippen LogP contribution in [0.4, 0.5) is 11.4 Å². The molecule has 0 unspecified atom stereocenters. The van der Waals surface area contributed by atoms with Gasteiger partial charge in [0.2, 0.25) is 5.91 Å². The number of methoxy groups -OCH3 is 2. The van der Waals surface area contributed by atoms with Crippen molar-refractivity contribution in [3.05, 3.63) is 58.1 Å². The van der Waals surface area contributed by atoms with Gasteiger partial charge in [-0.25, -0.2) is 0 Å². The zero-order valence-electron chi connectivity index (χ0n) is 14.7. The molecule has 0 aliphatic rings. The Balaban J connectivity index is 1.86. The third-order valence-electron chi connectivity index (χ3n) is 3.70. The van der Waals surface area contributed by atoms with Gasteiger partial charge in [-0.2, -0.15) is 0 Å². The molecular formula is C18H21N3O5. The highest BCUT2D eigenvalue weighted by Gasteiger charge is 2.12. The summed E-state index contributed by atoms with van der Waals surface area (Å²) in [5.74, 6) is 1.08. The van der Waals surface area contributed by atoms with Crippen molar-refractivity contribution in [3.63, 3.8) is 0 Å². The molecule has 2 aromatic rings. The molecule has 26 heavy (non-hydrogen) atoms. The van der Waals surface area contributed by atoms with E-state index in [4.69, 9.17) is 9.47 Å². The maximum atomic E-state index is 12.1. The normalized spacial score (nSPS) is 10.1. The highest BCUT2D eigenvalue weighted by molar-refractivity contribution is 5.79. The number of rotatable bonds is 9. The van der Waals surface area contributed by atoms with Crippen LogP contribution >= 0.6 is 0 Å². The van der Waals surface area contributed by atoms with E-state index in [1.807, 2.05) is 0 Å². The second-order valence-corrected chi connectivity index (χ2v) is 5.41. The van der Waals surface area contributed by atoms with Crippen LogP contribution in [0.3, 0.4) is 0 Å². The molecule has 0 aliphatic carbocycles. The van der Waals surface area contributed by atoms with Crippen LogP contribution in [-0.4, -0.2) is 38.1 Å². The van der Waals surface area contributed by atoms with Gasteiger partial charge in [0.25, 0.3) is 5.69 Å². The maximum absolute atomic E-state index is 12.1. The first-order valence-corrected chi connectivity index (χ1v) is 8.00. The summed E-state index contributed by atoms with van der Waals surface area (Å²) < 4.78 is 10.4. The van der Waals surface area contributed by atoms with Gasteiger partial charge in [-0.3, -0.25) is 14.9 Å². The monoisotopic (exact) mass is 359 g/mol. The van der Waals surface area contributed by atoms with Crippen LogP contribution in [0.25, 0.3) is 0 Å². The highest BCUT2D eigenvalue weighted by Crippen LogP contribution is 2.24. The fraction of sp³-hybridized carbons (Fsp3) is 0.278. The lowest BCUT2D eigenvalue weighted by Crippen LogP contribution is -2.30. The second kappa shape index (κ2) is 9.26. The number of hydrogen-bond donors (Lipinski definition) is 2. The number of nitro benzene ring substituents is 1. The quantitative estimate of drug-likeness (QED) is 0.405. The Bertz CT molecular complexity index is 779. The number of para-hydroxylation sites is 2. The Morgan fingerprint density at radius 3 is 2.58 bits per heavy atom. The van der Waals surface area contributed by atoms with Crippen LogP contribution in [0.1, 0.15) is 5.56 Å². The highest BCUT2D eigenvalue weighted by atomic mass is 16.6. The molecule has 0 saturated heterocycles. The summed E-state index contributed by atoms with van der Waals surface area (Å²) in [6, 6.07) is 11.6. The number of benzene rings is 2. The number of nitrogens with zero attached hydrogens (tertiary/aromatic N) is 1. The van der Waals surface area contributed by atoms with Gasteiger partial charge < -0.3 is 20.1 Å². The van der Waals surface area contributed by atoms with Gasteiger partial charge >= 0.3 is 0 Å². The minimum Gasteiger partial charge on any atom is -0.497 e. The number of ether oxygens (including phenoxy) is 2. The summed E-state index contributed by atoms with van der Waals surface area (Å²) in [5.41, 5.74) is 1.14. The van der Waals surface area contributed by atoms with E-state index in [0.29, 0.717) is 30.3 Å². The lowest BCUT2D eigenvalue weighted by Gasteiger charge is -2.11. The molecule has 0 spiro atoms. The minimum absolute atomic E-state index is 0.0000523. The van der Waals surface area contributed by atoms with Crippen LogP contribution in [0.15, 0.2) is 42.5 Å². The molecule has 0 atom stereocenters. The van der Waals surface area contributed by atoms with E-state index in [0.717, 1.165) is 5.56 Å². The van der Waals surface area contributed by atoms with Crippen LogP contribution in [0.5, 0.6) is 11.5 Å². The van der Waals surface area contributed by atoms with Crippen LogP contribution in [0.2, 0.25) is 0 Å². The Kier molecular flexibility index (Phi) is 6.78. The Morgan fingerprint density at radius 1 is 1.12 bits per heavy atom. The molecule has 138 valence electrons. The van der Waals surface area contributed by atoms with Gasteiger partial charge in [0.05, 0.1) is 25.6 Å². The first-order chi connectivity index (χ1) is 12.5. The Morgan fingerprint density at radius 2 is 1.88 bits per heavy atom. The lowest BCUT2D eigenvalue weighted by atomic mass is 10.1. The van der Waals surface area contributed by atoms with E-state index in [9.17, 15) is 14.9 Å². The number of hydrogen-bond acceptors (Lipinski definition) is 6. The molecular weight excluding hydrogens is 338 g/mol. The molecule has 8 heteroatoms. The summed E-state index contributed by atoms with van der Waals surface area (Å²) >= 11 is 0. The largest absolute Gasteiger partial charge is 0.497 e. The van der Waals surface area contributed by atoms with Crippen molar-refractivity contribution in [1.29, 1.82) is 0 Å². The predicted octanol–water partition coefficient (Wildman–Crippen LogP) is 2.38. The van der Waals surface area contributed by atoms with E-state index in [2.05, 4.69) is 10.6 Å². The number of carbonyl (C=O) groups excluding carboxylic acids is 1. The first kappa shape index (κ1) is 19.0. The smallest absolute Gasteiger partial charge is 0.292 e. The molecule has 2 N–H and O–H groups in total. The zero-order valence-corrected chi connectivity index (χ0v) is 14.7. The second-order valence-electron chi connectivity index (χ2n) is 5.41. The minimum atomic E-state index is -0.448. The molecule has 0 fully saturated rings. The van der Waals surface area contributed by atoms with E-state index < -0.39 is 4.92 Å². The Hall–Kier alpha value is -3.29. The molecule has 0 aromatic heterocycles. The number of nitrogens with one attached hydrogen (secondary N) is 2. The van der Waals surface area contributed by atoms with Crippen molar-refractivity contribution in [2.45, 2.75) is 6.42 Å². The molecule has 0 heterocycles. The van der Waals surface area contributed by atoms with E-state index in [1.165, 1.54) is 6.07 Å². The van der Waals surface area contributed by atoms with Crippen molar-refractivity contribution in [1.82, 2.24) is 5.32 Å². The third kappa shape index (κ3) is 5.10. The summed E-state index contributed by atoms with van der Waals surface area (Å²) in [6.45, 7) is 0.697. The topological polar surface area (TPSA) is 103 Å². The van der Waals surface area contributed by atoms with Gasteiger partial charge in [0, 0.05) is 24.7 Å². The fourth-order valence-corrected chi connectivity index (χ4v) is 2.44. The van der Waals surface area contributed by atoms with Crippen LogP contribution < -0.4 is 20.1 Å². The van der Waals surface area contributed by atoms with Gasteiger partial charge in [0.15, 0.2) is 0 Å². The van der Waals surface area contributed by atoms with Crippen molar-refractivity contribution in [3.8, 4) is 11.5 Å². The number of amides is 1. The molecule has 1 amide bonds. The summed E-state index contributed by atoms with van der Waals surface area (Å²) in [5, 5.41) is 16.7. The predicted molar refractivity (Wildman–Crippen MR) is 97.8 cm³/mol. The SMILES string of the molecule is COc1ccc(OC)c(CC(=O)NCCNc2ccccc2[N+](=O)[O-])c1. The number of carbonyl (C=O) groups is 1. The summed E-state index contributed by atoms with van der Waals surface area (Å²) in [6.07, 6.45) is 0.145. The van der Waals surface area contributed by atoms with Gasteiger partial charge in [-0.15, -0.1) is 0 Å². The number of nitro groups is 1. The van der Waals surface area contributed by atoms with Gasteiger partial charge in [-0.05, 0) is 24.3 Å². The molecule has 0 aliphatic heterocycles. The Labute approximate surface area is 151 Å². The van der Waals surface area contributed by atoms with Gasteiger partial charge in [-0.1, -0.05) is 12.1 Å². The molecule has 8 nitrogen and oxygen atoms in total. The average Bonchev–Trinajstić information content (AvgIpc) is 2.65. The fourth-order valence-electron chi connectivity index (χ4n) is 2.44. The lowest BCUT2D eigenvalue weighted by molar-refractivity contribution is -0.384. The first-order valence-electron chi connectivity index (χ1n) is 8.00. The van der Waals surface area contributed by atoms with E-state index >= 15 is 0 Å². The maximum Gasteiger partial charge on any atom is 0.292 e. The standard InChI is InChI=1S/C18H21N3O5/c1-25-14-7-8-17(26-2)13(11-14)12-18(22)20-10-9-19-15-5-3-4-6-16(15)21(23)24/h3-8,11,19H,9-10,12H2,1-2H3,(H,20,22). The zero-order chi connectivity index (χ0) is 18.9. The molecule has 2 rings (SSSR count). The van der Waals surface area contributed by atoms with Crippen molar-refractivity contribution in [2.24, 2.45) is 0 Å². The van der Waals surface area contributed by atoms with E-state index in [1.54, 1.807) is 50.6 Å².